The molecular formula is C15H22O2. The van der Waals surface area contributed by atoms with E-state index in [1.165, 1.54) is 5.57 Å². The molecule has 0 saturated heterocycles. The molecule has 2 heteroatoms. The van der Waals surface area contributed by atoms with Crippen LogP contribution in [0.4, 0.5) is 0 Å². The summed E-state index contributed by atoms with van der Waals surface area (Å²) in [5.74, 6) is 0.246. The molecule has 3 aliphatic rings. The Labute approximate surface area is 103 Å². The largest absolute Gasteiger partial charge is 0.392 e. The number of allylic oxidation sites excluding steroid dienone is 2. The summed E-state index contributed by atoms with van der Waals surface area (Å²) in [7, 11) is 0. The average molecular weight is 234 g/mol. The molecule has 0 aliphatic heterocycles. The number of fused-ring (bicyclic) bond motifs is 1. The van der Waals surface area contributed by atoms with Crippen molar-refractivity contribution >= 4 is 0 Å². The van der Waals surface area contributed by atoms with Crippen LogP contribution in [0.3, 0.4) is 0 Å². The van der Waals surface area contributed by atoms with Gasteiger partial charge in [0.15, 0.2) is 0 Å². The fourth-order valence-electron chi connectivity index (χ4n) is 4.07. The topological polar surface area (TPSA) is 40.5 Å². The molecule has 2 nitrogen and oxygen atoms in total. The van der Waals surface area contributed by atoms with Crippen molar-refractivity contribution in [2.45, 2.75) is 45.6 Å². The van der Waals surface area contributed by atoms with E-state index in [4.69, 9.17) is 0 Å². The van der Waals surface area contributed by atoms with Gasteiger partial charge in [-0.05, 0) is 42.7 Å². The third-order valence-corrected chi connectivity index (χ3v) is 5.21. The fraction of sp³-hybridized carbons (Fsp3) is 0.733. The Balaban J connectivity index is 2.10. The first kappa shape index (κ1) is 11.5. The summed E-state index contributed by atoms with van der Waals surface area (Å²) in [6.07, 6.45) is 7.50. The van der Waals surface area contributed by atoms with Gasteiger partial charge in [-0.1, -0.05) is 26.0 Å². The van der Waals surface area contributed by atoms with Crippen molar-refractivity contribution in [3.63, 3.8) is 0 Å². The van der Waals surface area contributed by atoms with E-state index < -0.39 is 5.60 Å². The van der Waals surface area contributed by atoms with Crippen LogP contribution < -0.4 is 0 Å². The molecule has 2 unspecified atom stereocenters. The molecule has 3 rings (SSSR count). The number of hydrogen-bond donors (Lipinski definition) is 2. The Morgan fingerprint density at radius 1 is 1.29 bits per heavy atom. The van der Waals surface area contributed by atoms with Crippen molar-refractivity contribution in [1.29, 1.82) is 0 Å². The van der Waals surface area contributed by atoms with Crippen molar-refractivity contribution < 1.29 is 10.2 Å². The van der Waals surface area contributed by atoms with Crippen molar-refractivity contribution in [1.82, 2.24) is 0 Å². The van der Waals surface area contributed by atoms with E-state index in [-0.39, 0.29) is 23.4 Å². The Bertz CT molecular complexity index is 422. The summed E-state index contributed by atoms with van der Waals surface area (Å²) >= 11 is 0. The number of hydrogen-bond acceptors (Lipinski definition) is 2. The maximum absolute atomic E-state index is 11.0. The minimum absolute atomic E-state index is 0.0840. The van der Waals surface area contributed by atoms with Gasteiger partial charge in [-0.2, -0.15) is 0 Å². The van der Waals surface area contributed by atoms with E-state index in [2.05, 4.69) is 26.0 Å². The van der Waals surface area contributed by atoms with Crippen LogP contribution in [0.2, 0.25) is 0 Å². The third kappa shape index (κ3) is 1.34. The maximum Gasteiger partial charge on any atom is 0.0781 e. The smallest absolute Gasteiger partial charge is 0.0781 e. The van der Waals surface area contributed by atoms with Crippen LogP contribution in [0, 0.1) is 16.7 Å². The molecule has 0 aromatic heterocycles. The van der Waals surface area contributed by atoms with E-state index in [1.54, 1.807) is 0 Å². The minimum atomic E-state index is -0.681. The first-order valence-electron chi connectivity index (χ1n) is 6.59. The lowest BCUT2D eigenvalue weighted by molar-refractivity contribution is -0.0520. The fourth-order valence-corrected chi connectivity index (χ4v) is 4.07. The van der Waals surface area contributed by atoms with Crippen molar-refractivity contribution in [2.24, 2.45) is 16.7 Å². The summed E-state index contributed by atoms with van der Waals surface area (Å²) in [5, 5.41) is 20.5. The number of aliphatic hydroxyl groups is 2. The predicted octanol–water partition coefficient (Wildman–Crippen LogP) is 2.42. The second-order valence-electron chi connectivity index (χ2n) is 6.95. The summed E-state index contributed by atoms with van der Waals surface area (Å²) < 4.78 is 0. The van der Waals surface area contributed by atoms with E-state index in [9.17, 15) is 10.2 Å². The van der Waals surface area contributed by atoms with E-state index >= 15 is 0 Å². The van der Waals surface area contributed by atoms with E-state index in [0.29, 0.717) is 0 Å². The van der Waals surface area contributed by atoms with Crippen LogP contribution >= 0.6 is 0 Å². The van der Waals surface area contributed by atoms with Gasteiger partial charge in [0.2, 0.25) is 0 Å². The molecule has 94 valence electrons. The van der Waals surface area contributed by atoms with Gasteiger partial charge in [0.1, 0.15) is 0 Å². The molecule has 0 aromatic rings. The second-order valence-corrected chi connectivity index (χ2v) is 6.95. The highest BCUT2D eigenvalue weighted by atomic mass is 16.3. The van der Waals surface area contributed by atoms with Gasteiger partial charge in [-0.3, -0.25) is 0 Å². The zero-order chi connectivity index (χ0) is 12.5. The molecule has 1 saturated carbocycles. The molecule has 0 bridgehead atoms. The second kappa shape index (κ2) is 3.04. The van der Waals surface area contributed by atoms with Crippen LogP contribution in [0.1, 0.15) is 40.0 Å². The van der Waals surface area contributed by atoms with Crippen molar-refractivity contribution in [3.8, 4) is 0 Å². The van der Waals surface area contributed by atoms with Gasteiger partial charge in [0, 0.05) is 11.3 Å². The van der Waals surface area contributed by atoms with Gasteiger partial charge in [-0.25, -0.2) is 0 Å². The molecule has 2 N–H and O–H groups in total. The molecule has 1 spiro atoms. The standard InChI is InChI=1S/C15H22O2/c1-13(2)7-10-6-11(9-16)15(4-5-15)14(3,17)12(10)8-13/h6-7,12,16-17H,4-5,8-9H2,1-3H3. The molecule has 0 radical (unpaired) electrons. The maximum atomic E-state index is 11.0. The first-order valence-corrected chi connectivity index (χ1v) is 6.59. The van der Waals surface area contributed by atoms with Crippen LogP contribution in [-0.2, 0) is 0 Å². The van der Waals surface area contributed by atoms with E-state index in [1.807, 2.05) is 6.92 Å². The highest BCUT2D eigenvalue weighted by Gasteiger charge is 2.64. The zero-order valence-electron chi connectivity index (χ0n) is 11.0. The van der Waals surface area contributed by atoms with Gasteiger partial charge >= 0.3 is 0 Å². The van der Waals surface area contributed by atoms with Crippen LogP contribution in [-0.4, -0.2) is 22.4 Å². The molecule has 2 atom stereocenters. The monoisotopic (exact) mass is 234 g/mol. The average Bonchev–Trinajstić information content (AvgIpc) is 2.95. The van der Waals surface area contributed by atoms with Crippen molar-refractivity contribution in [2.75, 3.05) is 6.61 Å². The SMILES string of the molecule is CC1(C)C=C2C=C(CO)C3(CC3)C(C)(O)C2C1. The highest BCUT2D eigenvalue weighted by molar-refractivity contribution is 5.46. The van der Waals surface area contributed by atoms with Crippen LogP contribution in [0.25, 0.3) is 0 Å². The van der Waals surface area contributed by atoms with Gasteiger partial charge < -0.3 is 10.2 Å². The summed E-state index contributed by atoms with van der Waals surface area (Å²) in [5.41, 5.74) is 1.65. The van der Waals surface area contributed by atoms with E-state index in [0.717, 1.165) is 24.8 Å². The Morgan fingerprint density at radius 3 is 2.47 bits per heavy atom. The first-order chi connectivity index (χ1) is 7.82. The third-order valence-electron chi connectivity index (χ3n) is 5.21. The van der Waals surface area contributed by atoms with Crippen LogP contribution in [0.5, 0.6) is 0 Å². The molecular weight excluding hydrogens is 212 g/mol. The van der Waals surface area contributed by atoms with Gasteiger partial charge in [0.05, 0.1) is 12.2 Å². The van der Waals surface area contributed by atoms with Gasteiger partial charge in [-0.15, -0.1) is 0 Å². The Kier molecular flexibility index (Phi) is 2.06. The molecule has 0 heterocycles. The number of rotatable bonds is 1. The lowest BCUT2D eigenvalue weighted by Crippen LogP contribution is -2.48. The minimum Gasteiger partial charge on any atom is -0.392 e. The molecule has 0 aromatic carbocycles. The lowest BCUT2D eigenvalue weighted by Gasteiger charge is -2.44. The van der Waals surface area contributed by atoms with Gasteiger partial charge in [0.25, 0.3) is 0 Å². The Morgan fingerprint density at radius 2 is 1.94 bits per heavy atom. The summed E-state index contributed by atoms with van der Waals surface area (Å²) in [4.78, 5) is 0. The quantitative estimate of drug-likeness (QED) is 0.731. The summed E-state index contributed by atoms with van der Waals surface area (Å²) in [6, 6.07) is 0. The van der Waals surface area contributed by atoms with Crippen LogP contribution in [0.15, 0.2) is 23.3 Å². The molecule has 17 heavy (non-hydrogen) atoms. The lowest BCUT2D eigenvalue weighted by atomic mass is 9.64. The molecule has 1 fully saturated rings. The van der Waals surface area contributed by atoms with Crippen molar-refractivity contribution in [3.05, 3.63) is 23.3 Å². The highest BCUT2D eigenvalue weighted by Crippen LogP contribution is 2.67. The molecule has 3 aliphatic carbocycles. The summed E-state index contributed by atoms with van der Waals surface area (Å²) in [6.45, 7) is 6.50. The zero-order valence-corrected chi connectivity index (χ0v) is 11.0. The predicted molar refractivity (Wildman–Crippen MR) is 67.4 cm³/mol. The Hall–Kier alpha value is -0.600. The normalized spacial score (nSPS) is 40.9. The number of aliphatic hydroxyl groups excluding tert-OH is 1. The molecule has 0 amide bonds.